The van der Waals surface area contributed by atoms with Gasteiger partial charge in [-0.3, -0.25) is 14.9 Å². The first-order valence-corrected chi connectivity index (χ1v) is 10.4. The SMILES string of the molecule is O=C1NC(=O)N(c2ccc(Cl)cc2)C(=O)/C1=C/c1cc(Cl)ccc1OCc1ccc(F)cc1. The molecule has 4 rings (SSSR count). The number of nitrogens with one attached hydrogen (secondary N) is 1. The summed E-state index contributed by atoms with van der Waals surface area (Å²) in [5, 5.41) is 2.94. The third kappa shape index (κ3) is 5.05. The number of hydrogen-bond acceptors (Lipinski definition) is 4. The molecule has 1 fully saturated rings. The molecule has 0 saturated carbocycles. The number of anilines is 1. The highest BCUT2D eigenvalue weighted by Gasteiger charge is 2.37. The lowest BCUT2D eigenvalue weighted by molar-refractivity contribution is -0.122. The molecule has 1 aliphatic rings. The van der Waals surface area contributed by atoms with Crippen LogP contribution in [0.25, 0.3) is 6.08 Å². The van der Waals surface area contributed by atoms with E-state index in [1.807, 2.05) is 0 Å². The summed E-state index contributed by atoms with van der Waals surface area (Å²) in [7, 11) is 0. The van der Waals surface area contributed by atoms with Crippen LogP contribution in [-0.2, 0) is 16.2 Å². The van der Waals surface area contributed by atoms with Crippen molar-refractivity contribution in [2.24, 2.45) is 0 Å². The number of benzene rings is 3. The Morgan fingerprint density at radius 3 is 2.27 bits per heavy atom. The molecule has 1 N–H and O–H groups in total. The predicted octanol–water partition coefficient (Wildman–Crippen LogP) is 5.38. The summed E-state index contributed by atoms with van der Waals surface area (Å²) < 4.78 is 18.9. The van der Waals surface area contributed by atoms with E-state index in [-0.39, 0.29) is 23.7 Å². The second kappa shape index (κ2) is 9.44. The van der Waals surface area contributed by atoms with Crippen LogP contribution in [0.2, 0.25) is 10.0 Å². The van der Waals surface area contributed by atoms with E-state index in [1.54, 1.807) is 24.3 Å². The molecule has 0 radical (unpaired) electrons. The van der Waals surface area contributed by atoms with Crippen molar-refractivity contribution < 1.29 is 23.5 Å². The van der Waals surface area contributed by atoms with Crippen LogP contribution in [0.15, 0.2) is 72.3 Å². The number of carbonyl (C=O) groups excluding carboxylic acids is 3. The van der Waals surface area contributed by atoms with Crippen molar-refractivity contribution in [3.63, 3.8) is 0 Å². The van der Waals surface area contributed by atoms with Gasteiger partial charge in [0.25, 0.3) is 11.8 Å². The lowest BCUT2D eigenvalue weighted by Gasteiger charge is -2.26. The molecular formula is C24H15Cl2FN2O4. The molecule has 0 aliphatic carbocycles. The van der Waals surface area contributed by atoms with Crippen LogP contribution in [-0.4, -0.2) is 17.8 Å². The number of carbonyl (C=O) groups is 3. The molecule has 0 atom stereocenters. The van der Waals surface area contributed by atoms with E-state index in [4.69, 9.17) is 27.9 Å². The van der Waals surface area contributed by atoms with Crippen molar-refractivity contribution in [3.05, 3.63) is 99.3 Å². The number of barbiturate groups is 1. The van der Waals surface area contributed by atoms with Gasteiger partial charge in [0.1, 0.15) is 23.7 Å². The van der Waals surface area contributed by atoms with Crippen molar-refractivity contribution in [2.75, 3.05) is 4.90 Å². The number of urea groups is 1. The van der Waals surface area contributed by atoms with Crippen molar-refractivity contribution >= 4 is 52.8 Å². The maximum absolute atomic E-state index is 13.1. The summed E-state index contributed by atoms with van der Waals surface area (Å²) in [6.45, 7) is 0.119. The van der Waals surface area contributed by atoms with Gasteiger partial charge in [-0.05, 0) is 66.2 Å². The van der Waals surface area contributed by atoms with Gasteiger partial charge in [-0.15, -0.1) is 0 Å². The van der Waals surface area contributed by atoms with Crippen LogP contribution in [0, 0.1) is 5.82 Å². The number of amides is 4. The number of ether oxygens (including phenoxy) is 1. The number of imide groups is 2. The Morgan fingerprint density at radius 2 is 1.58 bits per heavy atom. The van der Waals surface area contributed by atoms with Crippen molar-refractivity contribution in [1.29, 1.82) is 0 Å². The first kappa shape index (κ1) is 22.5. The maximum Gasteiger partial charge on any atom is 0.335 e. The highest BCUT2D eigenvalue weighted by atomic mass is 35.5. The molecule has 3 aromatic carbocycles. The number of hydrogen-bond donors (Lipinski definition) is 1. The van der Waals surface area contributed by atoms with E-state index < -0.39 is 17.8 Å². The highest BCUT2D eigenvalue weighted by Crippen LogP contribution is 2.29. The van der Waals surface area contributed by atoms with Crippen LogP contribution in [0.3, 0.4) is 0 Å². The molecule has 6 nitrogen and oxygen atoms in total. The smallest absolute Gasteiger partial charge is 0.335 e. The lowest BCUT2D eigenvalue weighted by Crippen LogP contribution is -2.54. The third-order valence-electron chi connectivity index (χ3n) is 4.77. The normalized spacial score (nSPS) is 15.1. The summed E-state index contributed by atoms with van der Waals surface area (Å²) >= 11 is 12.0. The molecular weight excluding hydrogens is 470 g/mol. The fourth-order valence-electron chi connectivity index (χ4n) is 3.14. The van der Waals surface area contributed by atoms with Gasteiger partial charge in [0, 0.05) is 15.6 Å². The Hall–Kier alpha value is -3.68. The Kier molecular flexibility index (Phi) is 6.44. The topological polar surface area (TPSA) is 75.7 Å². The van der Waals surface area contributed by atoms with Gasteiger partial charge in [0.05, 0.1) is 5.69 Å². The minimum Gasteiger partial charge on any atom is -0.488 e. The molecule has 0 aromatic heterocycles. The zero-order valence-corrected chi connectivity index (χ0v) is 18.4. The summed E-state index contributed by atoms with van der Waals surface area (Å²) in [6.07, 6.45) is 1.30. The minimum absolute atomic E-state index is 0.119. The van der Waals surface area contributed by atoms with Crippen LogP contribution in [0.5, 0.6) is 5.75 Å². The van der Waals surface area contributed by atoms with E-state index in [0.29, 0.717) is 21.4 Å². The number of rotatable bonds is 5. The molecule has 33 heavy (non-hydrogen) atoms. The van der Waals surface area contributed by atoms with E-state index >= 15 is 0 Å². The second-order valence-electron chi connectivity index (χ2n) is 7.03. The number of nitrogens with zero attached hydrogens (tertiary/aromatic N) is 1. The minimum atomic E-state index is -0.872. The molecule has 4 amide bonds. The van der Waals surface area contributed by atoms with Gasteiger partial charge >= 0.3 is 6.03 Å². The summed E-state index contributed by atoms with van der Waals surface area (Å²) in [4.78, 5) is 38.7. The standard InChI is InChI=1S/C24H15Cl2FN2O4/c25-16-3-8-19(9-4-16)29-23(31)20(22(30)28-24(29)32)12-15-11-17(26)5-10-21(15)33-13-14-1-6-18(27)7-2-14/h1-12H,13H2,(H,28,30,32)/b20-12+. The van der Waals surface area contributed by atoms with E-state index in [0.717, 1.165) is 10.5 Å². The summed E-state index contributed by atoms with van der Waals surface area (Å²) in [5.74, 6) is -1.68. The Bertz CT molecular complexity index is 1270. The van der Waals surface area contributed by atoms with E-state index in [9.17, 15) is 18.8 Å². The first-order valence-electron chi connectivity index (χ1n) is 9.65. The molecule has 0 unspecified atom stereocenters. The van der Waals surface area contributed by atoms with Crippen molar-refractivity contribution in [2.45, 2.75) is 6.61 Å². The molecule has 0 bridgehead atoms. The lowest BCUT2D eigenvalue weighted by atomic mass is 10.1. The van der Waals surface area contributed by atoms with Gasteiger partial charge in [0.2, 0.25) is 0 Å². The van der Waals surface area contributed by atoms with E-state index in [1.165, 1.54) is 48.5 Å². The Labute approximate surface area is 198 Å². The Morgan fingerprint density at radius 1 is 0.909 bits per heavy atom. The van der Waals surface area contributed by atoms with Crippen LogP contribution in [0.1, 0.15) is 11.1 Å². The fraction of sp³-hybridized carbons (Fsp3) is 0.0417. The fourth-order valence-corrected chi connectivity index (χ4v) is 3.45. The second-order valence-corrected chi connectivity index (χ2v) is 7.90. The van der Waals surface area contributed by atoms with Crippen molar-refractivity contribution in [3.8, 4) is 5.75 Å². The Balaban J connectivity index is 1.66. The van der Waals surface area contributed by atoms with Gasteiger partial charge in [0.15, 0.2) is 0 Å². The van der Waals surface area contributed by atoms with Crippen LogP contribution < -0.4 is 15.0 Å². The first-order chi connectivity index (χ1) is 15.8. The van der Waals surface area contributed by atoms with Crippen LogP contribution in [0.4, 0.5) is 14.9 Å². The van der Waals surface area contributed by atoms with E-state index in [2.05, 4.69) is 5.32 Å². The molecule has 166 valence electrons. The molecule has 1 heterocycles. The van der Waals surface area contributed by atoms with Crippen molar-refractivity contribution in [1.82, 2.24) is 5.32 Å². The zero-order valence-electron chi connectivity index (χ0n) is 16.8. The predicted molar refractivity (Wildman–Crippen MR) is 123 cm³/mol. The molecule has 1 aliphatic heterocycles. The van der Waals surface area contributed by atoms with Crippen LogP contribution >= 0.6 is 23.2 Å². The monoisotopic (exact) mass is 484 g/mol. The quantitative estimate of drug-likeness (QED) is 0.389. The maximum atomic E-state index is 13.1. The molecule has 9 heteroatoms. The zero-order chi connectivity index (χ0) is 23.5. The number of halogens is 3. The highest BCUT2D eigenvalue weighted by molar-refractivity contribution is 6.39. The molecule has 0 spiro atoms. The average Bonchev–Trinajstić information content (AvgIpc) is 2.78. The van der Waals surface area contributed by atoms with Gasteiger partial charge in [-0.25, -0.2) is 14.1 Å². The third-order valence-corrected chi connectivity index (χ3v) is 5.25. The van der Waals surface area contributed by atoms with Gasteiger partial charge in [-0.2, -0.15) is 0 Å². The molecule has 3 aromatic rings. The average molecular weight is 485 g/mol. The van der Waals surface area contributed by atoms with Gasteiger partial charge < -0.3 is 4.74 Å². The summed E-state index contributed by atoms with van der Waals surface area (Å²) in [5.41, 5.74) is 1.04. The molecule has 1 saturated heterocycles. The largest absolute Gasteiger partial charge is 0.488 e. The van der Waals surface area contributed by atoms with Gasteiger partial charge in [-0.1, -0.05) is 35.3 Å². The summed E-state index contributed by atoms with van der Waals surface area (Å²) in [6, 6.07) is 15.7.